The van der Waals surface area contributed by atoms with E-state index in [1.54, 1.807) is 0 Å². The van der Waals surface area contributed by atoms with Gasteiger partial charge in [0.1, 0.15) is 0 Å². The first-order chi connectivity index (χ1) is 32.3. The molecule has 0 radical (unpaired) electrons. The summed E-state index contributed by atoms with van der Waals surface area (Å²) in [7, 11) is -3.06. The molecule has 65 heavy (non-hydrogen) atoms. The molecule has 0 amide bonds. The van der Waals surface area contributed by atoms with E-state index in [2.05, 4.69) is 252 Å². The van der Waals surface area contributed by atoms with Crippen molar-refractivity contribution in [2.75, 3.05) is 4.90 Å². The number of aromatic nitrogens is 1. The highest BCUT2D eigenvalue weighted by atomic mass is 28.3. The molecule has 0 saturated carbocycles. The van der Waals surface area contributed by atoms with Crippen LogP contribution in [0.4, 0.5) is 17.1 Å². The number of rotatable bonds is 6. The molecule has 4 heterocycles. The van der Waals surface area contributed by atoms with E-state index in [9.17, 15) is 0 Å². The van der Waals surface area contributed by atoms with Gasteiger partial charge in [0.25, 0.3) is 0 Å². The fourth-order valence-corrected chi connectivity index (χ4v) is 17.4. The maximum atomic E-state index is 2.73. The zero-order valence-corrected chi connectivity index (χ0v) is 36.6. The second kappa shape index (κ2) is 14.1. The second-order valence-corrected chi connectivity index (χ2v) is 21.6. The Hall–Kier alpha value is -7.85. The molecule has 0 fully saturated rings. The minimum absolute atomic E-state index is 0.0151. The lowest BCUT2D eigenvalue weighted by Crippen LogP contribution is -2.80. The van der Waals surface area contributed by atoms with Crippen molar-refractivity contribution in [2.45, 2.75) is 0 Å². The number of fused-ring (bicyclic) bond motifs is 3. The minimum Gasteiger partial charge on any atom is -0.313 e. The molecule has 10 aromatic carbocycles. The third-order valence-corrected chi connectivity index (χ3v) is 19.5. The number of para-hydroxylation sites is 4. The van der Waals surface area contributed by atoms with E-state index in [0.29, 0.717) is 0 Å². The van der Waals surface area contributed by atoms with Crippen molar-refractivity contribution in [2.24, 2.45) is 0 Å². The molecular formula is C60H40B2N2Si. The Balaban J connectivity index is 1.14. The fraction of sp³-hybridized carbons (Fsp3) is 0. The van der Waals surface area contributed by atoms with Crippen LogP contribution in [0.3, 0.4) is 0 Å². The Kier molecular flexibility index (Phi) is 7.93. The molecule has 2 nitrogen and oxygen atoms in total. The van der Waals surface area contributed by atoms with Gasteiger partial charge in [-0.2, -0.15) is 0 Å². The quantitative estimate of drug-likeness (QED) is 0.160. The van der Waals surface area contributed by atoms with Crippen LogP contribution >= 0.6 is 0 Å². The summed E-state index contributed by atoms with van der Waals surface area (Å²) in [4.78, 5) is 2.73. The lowest BCUT2D eigenvalue weighted by atomic mass is 9.30. The van der Waals surface area contributed by atoms with Gasteiger partial charge in [0.15, 0.2) is 8.07 Å². The first-order valence-electron chi connectivity index (χ1n) is 22.8. The molecule has 3 aliphatic rings. The van der Waals surface area contributed by atoms with Gasteiger partial charge in [-0.15, -0.1) is 0 Å². The van der Waals surface area contributed by atoms with Crippen LogP contribution in [0.2, 0.25) is 0 Å². The van der Waals surface area contributed by atoms with Gasteiger partial charge in [-0.1, -0.05) is 223 Å². The molecule has 0 aliphatic carbocycles. The number of nitrogens with zero attached hydrogens (tertiary/aromatic N) is 2. The van der Waals surface area contributed by atoms with E-state index >= 15 is 0 Å². The predicted molar refractivity (Wildman–Crippen MR) is 280 cm³/mol. The van der Waals surface area contributed by atoms with Crippen LogP contribution in [0.5, 0.6) is 0 Å². The Bertz CT molecular complexity index is 3630. The molecule has 0 bridgehead atoms. The SMILES string of the molecule is c1ccc(B2c3cccc4c3N3c5c2cccc5[Si](c2ccccc2)(c2ccccc2)c2cc(-c5ccc6c(c5)c5ccccc5n6-c5ccccc5)cc(c23)B4c2ccccc2)cc1. The molecule has 1 aromatic heterocycles. The van der Waals surface area contributed by atoms with E-state index in [1.165, 1.54) is 109 Å². The van der Waals surface area contributed by atoms with E-state index in [-0.39, 0.29) is 13.4 Å². The van der Waals surface area contributed by atoms with Crippen molar-refractivity contribution in [3.8, 4) is 16.8 Å². The first-order valence-corrected chi connectivity index (χ1v) is 24.8. The molecule has 0 unspecified atom stereocenters. The molecule has 11 aromatic rings. The summed E-state index contributed by atoms with van der Waals surface area (Å²) in [6, 6.07) is 92.0. The zero-order chi connectivity index (χ0) is 42.6. The molecule has 0 atom stereocenters. The third kappa shape index (κ3) is 5.07. The molecule has 0 spiro atoms. The molecule has 14 rings (SSSR count). The molecule has 0 saturated heterocycles. The number of hydrogen-bond acceptors (Lipinski definition) is 1. The lowest BCUT2D eigenvalue weighted by molar-refractivity contribution is 1.18. The molecule has 3 aliphatic heterocycles. The van der Waals surface area contributed by atoms with Crippen LogP contribution in [0.15, 0.2) is 243 Å². The topological polar surface area (TPSA) is 8.17 Å². The summed E-state index contributed by atoms with van der Waals surface area (Å²) < 4.78 is 2.42. The van der Waals surface area contributed by atoms with Crippen molar-refractivity contribution < 1.29 is 0 Å². The number of anilines is 3. The van der Waals surface area contributed by atoms with Crippen molar-refractivity contribution >= 4 is 114 Å². The van der Waals surface area contributed by atoms with Gasteiger partial charge in [0.05, 0.1) is 11.0 Å². The highest BCUT2D eigenvalue weighted by molar-refractivity contribution is 7.22. The van der Waals surface area contributed by atoms with Gasteiger partial charge in [-0.3, -0.25) is 0 Å². The highest BCUT2D eigenvalue weighted by Crippen LogP contribution is 2.42. The van der Waals surface area contributed by atoms with Crippen LogP contribution in [-0.4, -0.2) is 26.1 Å². The van der Waals surface area contributed by atoms with E-state index in [0.717, 1.165) is 0 Å². The minimum atomic E-state index is -3.06. The van der Waals surface area contributed by atoms with Crippen LogP contribution in [0, 0.1) is 0 Å². The Morgan fingerprint density at radius 3 is 1.48 bits per heavy atom. The largest absolute Gasteiger partial charge is 0.313 e. The molecule has 5 heteroatoms. The van der Waals surface area contributed by atoms with E-state index in [1.807, 2.05) is 0 Å². The summed E-state index contributed by atoms with van der Waals surface area (Å²) in [5, 5.41) is 8.21. The summed E-state index contributed by atoms with van der Waals surface area (Å²) >= 11 is 0. The summed E-state index contributed by atoms with van der Waals surface area (Å²) in [5.74, 6) is 0. The smallest absolute Gasteiger partial charge is 0.246 e. The van der Waals surface area contributed by atoms with Gasteiger partial charge in [-0.25, -0.2) is 0 Å². The average molecular weight is 839 g/mol. The highest BCUT2D eigenvalue weighted by Gasteiger charge is 2.55. The third-order valence-electron chi connectivity index (χ3n) is 14.7. The van der Waals surface area contributed by atoms with E-state index < -0.39 is 8.07 Å². The van der Waals surface area contributed by atoms with Gasteiger partial charge in [-0.05, 0) is 84.1 Å². The van der Waals surface area contributed by atoms with Gasteiger partial charge in [0.2, 0.25) is 13.4 Å². The fourth-order valence-electron chi connectivity index (χ4n) is 12.2. The van der Waals surface area contributed by atoms with Crippen LogP contribution in [-0.2, 0) is 0 Å². The van der Waals surface area contributed by atoms with Crippen LogP contribution in [0.1, 0.15) is 0 Å². The normalized spacial score (nSPS) is 13.9. The molecule has 300 valence electrons. The van der Waals surface area contributed by atoms with Crippen molar-refractivity contribution in [3.05, 3.63) is 243 Å². The summed E-state index contributed by atoms with van der Waals surface area (Å²) in [6.07, 6.45) is 0. The standard InChI is InChI=1S/C60H40B2N2Si/c1-6-20-43(21-7-1)61-50-31-18-32-51-58(50)64-59-52(61)33-19-35-56(59)65(46-26-12-4-13-27-46,47-28-14-5-15-29-47)57-40-42(39-53(60(57)64)62(51)44-22-8-2-9-23-44)41-36-37-55-49(38-41)48-30-16-17-34-54(48)63(55)45-24-10-3-11-25-45/h1-40H. The molecular weight excluding hydrogens is 798 g/mol. The maximum Gasteiger partial charge on any atom is 0.246 e. The Labute approximate surface area is 380 Å². The predicted octanol–water partition coefficient (Wildman–Crippen LogP) is 7.27. The maximum absolute atomic E-state index is 3.06. The number of hydrogen-bond donors (Lipinski definition) is 0. The zero-order valence-electron chi connectivity index (χ0n) is 35.6. The summed E-state index contributed by atoms with van der Waals surface area (Å²) in [5.41, 5.74) is 18.3. The molecule has 0 N–H and O–H groups in total. The summed E-state index contributed by atoms with van der Waals surface area (Å²) in [6.45, 7) is 0.0976. The lowest BCUT2D eigenvalue weighted by Gasteiger charge is -2.52. The monoisotopic (exact) mass is 838 g/mol. The van der Waals surface area contributed by atoms with Crippen molar-refractivity contribution in [3.63, 3.8) is 0 Å². The Morgan fingerprint density at radius 2 is 0.831 bits per heavy atom. The van der Waals surface area contributed by atoms with Gasteiger partial charge >= 0.3 is 0 Å². The second-order valence-electron chi connectivity index (χ2n) is 17.9. The Morgan fingerprint density at radius 1 is 0.323 bits per heavy atom. The van der Waals surface area contributed by atoms with Crippen LogP contribution < -0.4 is 58.4 Å². The first kappa shape index (κ1) is 36.6. The van der Waals surface area contributed by atoms with E-state index in [4.69, 9.17) is 0 Å². The van der Waals surface area contributed by atoms with Crippen molar-refractivity contribution in [1.29, 1.82) is 0 Å². The number of benzene rings is 10. The average Bonchev–Trinajstić information content (AvgIpc) is 3.71. The van der Waals surface area contributed by atoms with Gasteiger partial charge in [0, 0.05) is 33.5 Å². The van der Waals surface area contributed by atoms with Crippen molar-refractivity contribution in [1.82, 2.24) is 4.57 Å². The van der Waals surface area contributed by atoms with Crippen LogP contribution in [0.25, 0.3) is 38.6 Å². The van der Waals surface area contributed by atoms with Gasteiger partial charge < -0.3 is 9.47 Å².